The van der Waals surface area contributed by atoms with Crippen LogP contribution in [0, 0.1) is 6.92 Å². The Morgan fingerprint density at radius 2 is 1.88 bits per heavy atom. The summed E-state index contributed by atoms with van der Waals surface area (Å²) in [4.78, 5) is 4.33. The molecule has 1 aromatic carbocycles. The number of aryl methyl sites for hydroxylation is 1. The first-order chi connectivity index (χ1) is 7.94. The molecule has 0 unspecified atom stereocenters. The Hall–Kier alpha value is -1.20. The maximum absolute atomic E-state index is 11.2. The van der Waals surface area contributed by atoms with Gasteiger partial charge in [-0.3, -0.25) is 0 Å². The molecule has 0 aliphatic carbocycles. The van der Waals surface area contributed by atoms with Crippen LogP contribution in [-0.4, -0.2) is 19.7 Å². The van der Waals surface area contributed by atoms with Gasteiger partial charge in [0.25, 0.3) is 0 Å². The largest absolute Gasteiger partial charge is 0.240 e. The van der Waals surface area contributed by atoms with E-state index in [2.05, 4.69) is 4.98 Å². The van der Waals surface area contributed by atoms with Crippen LogP contribution in [0.3, 0.4) is 0 Å². The second-order valence-electron chi connectivity index (χ2n) is 4.08. The summed E-state index contributed by atoms with van der Waals surface area (Å²) in [6.07, 6.45) is 1.22. The van der Waals surface area contributed by atoms with Crippen LogP contribution in [0.5, 0.6) is 0 Å². The Bertz CT molecular complexity index is 612. The van der Waals surface area contributed by atoms with E-state index in [1.165, 1.54) is 23.2 Å². The van der Waals surface area contributed by atoms with Gasteiger partial charge in [-0.15, -0.1) is 11.3 Å². The lowest BCUT2D eigenvalue weighted by atomic mass is 10.2. The molecule has 0 atom stereocenters. The van der Waals surface area contributed by atoms with Crippen LogP contribution in [0.4, 0.5) is 0 Å². The number of rotatable bonds is 3. The number of aromatic nitrogens is 1. The van der Waals surface area contributed by atoms with Crippen LogP contribution in [0.1, 0.15) is 11.3 Å². The van der Waals surface area contributed by atoms with Crippen LogP contribution >= 0.6 is 11.3 Å². The third kappa shape index (κ3) is 3.38. The van der Waals surface area contributed by atoms with E-state index in [-0.39, 0.29) is 5.75 Å². The lowest BCUT2D eigenvalue weighted by Crippen LogP contribution is -2.00. The van der Waals surface area contributed by atoms with Crippen LogP contribution < -0.4 is 0 Å². The first kappa shape index (κ1) is 12.3. The second kappa shape index (κ2) is 4.58. The molecule has 5 heteroatoms. The standard InChI is InChI=1S/C12H13NO2S2/c1-9-3-5-10(6-4-9)12-13-11(7-16-12)8-17(2,14)15/h3-7H,8H2,1-2H3. The number of hydrogen-bond acceptors (Lipinski definition) is 4. The first-order valence-electron chi connectivity index (χ1n) is 5.13. The highest BCUT2D eigenvalue weighted by Crippen LogP contribution is 2.24. The van der Waals surface area contributed by atoms with Crippen molar-refractivity contribution in [2.75, 3.05) is 6.26 Å². The molecule has 0 aliphatic heterocycles. The molecule has 0 saturated carbocycles. The summed E-state index contributed by atoms with van der Waals surface area (Å²) in [7, 11) is -3.01. The van der Waals surface area contributed by atoms with Gasteiger partial charge in [0.1, 0.15) is 5.01 Å². The van der Waals surface area contributed by atoms with E-state index in [4.69, 9.17) is 0 Å². The van der Waals surface area contributed by atoms with Crippen molar-refractivity contribution < 1.29 is 8.42 Å². The Morgan fingerprint density at radius 1 is 1.24 bits per heavy atom. The highest BCUT2D eigenvalue weighted by molar-refractivity contribution is 7.89. The minimum absolute atomic E-state index is 0.00929. The van der Waals surface area contributed by atoms with Gasteiger partial charge in [-0.05, 0) is 6.92 Å². The number of thiazole rings is 1. The molecule has 3 nitrogen and oxygen atoms in total. The van der Waals surface area contributed by atoms with Gasteiger partial charge in [0.05, 0.1) is 11.4 Å². The minimum Gasteiger partial charge on any atom is -0.240 e. The molecule has 0 amide bonds. The maximum Gasteiger partial charge on any atom is 0.153 e. The van der Waals surface area contributed by atoms with Gasteiger partial charge in [-0.2, -0.15) is 0 Å². The monoisotopic (exact) mass is 267 g/mol. The molecule has 0 aliphatic rings. The van der Waals surface area contributed by atoms with Crippen molar-refractivity contribution in [3.63, 3.8) is 0 Å². The number of sulfone groups is 1. The molecule has 0 bridgehead atoms. The third-order valence-corrected chi connectivity index (χ3v) is 4.02. The lowest BCUT2D eigenvalue weighted by Gasteiger charge is -1.97. The summed E-state index contributed by atoms with van der Waals surface area (Å²) in [5.74, 6) is 0.00929. The molecule has 90 valence electrons. The lowest BCUT2D eigenvalue weighted by molar-refractivity contribution is 0.600. The molecule has 0 spiro atoms. The maximum atomic E-state index is 11.2. The number of nitrogens with zero attached hydrogens (tertiary/aromatic N) is 1. The van der Waals surface area contributed by atoms with Crippen molar-refractivity contribution in [2.24, 2.45) is 0 Å². The van der Waals surface area contributed by atoms with Crippen molar-refractivity contribution in [3.8, 4) is 10.6 Å². The molecule has 2 rings (SSSR count). The summed E-state index contributed by atoms with van der Waals surface area (Å²) in [6.45, 7) is 2.03. The fraction of sp³-hybridized carbons (Fsp3) is 0.250. The topological polar surface area (TPSA) is 47.0 Å². The second-order valence-corrected chi connectivity index (χ2v) is 7.08. The SMILES string of the molecule is Cc1ccc(-c2nc(CS(C)(=O)=O)cs2)cc1. The molecular formula is C12H13NO2S2. The van der Waals surface area contributed by atoms with E-state index >= 15 is 0 Å². The predicted molar refractivity (Wildman–Crippen MR) is 70.8 cm³/mol. The van der Waals surface area contributed by atoms with Gasteiger partial charge in [0.2, 0.25) is 0 Å². The summed E-state index contributed by atoms with van der Waals surface area (Å²) in [5.41, 5.74) is 2.84. The van der Waals surface area contributed by atoms with Gasteiger partial charge in [0, 0.05) is 17.2 Å². The molecular weight excluding hydrogens is 254 g/mol. The van der Waals surface area contributed by atoms with E-state index in [9.17, 15) is 8.42 Å². The fourth-order valence-electron chi connectivity index (χ4n) is 1.47. The Balaban J connectivity index is 2.27. The minimum atomic E-state index is -3.01. The molecule has 0 radical (unpaired) electrons. The molecule has 17 heavy (non-hydrogen) atoms. The van der Waals surface area contributed by atoms with Gasteiger partial charge in [-0.1, -0.05) is 29.8 Å². The first-order valence-corrected chi connectivity index (χ1v) is 8.07. The van der Waals surface area contributed by atoms with Crippen LogP contribution in [0.2, 0.25) is 0 Å². The zero-order chi connectivity index (χ0) is 12.5. The van der Waals surface area contributed by atoms with E-state index in [1.54, 1.807) is 5.38 Å². The third-order valence-electron chi connectivity index (χ3n) is 2.26. The van der Waals surface area contributed by atoms with Crippen molar-refractivity contribution in [1.29, 1.82) is 0 Å². The summed E-state index contributed by atoms with van der Waals surface area (Å²) < 4.78 is 22.3. The summed E-state index contributed by atoms with van der Waals surface area (Å²) in [6, 6.07) is 8.04. The van der Waals surface area contributed by atoms with Crippen LogP contribution in [-0.2, 0) is 15.6 Å². The molecule has 2 aromatic rings. The van der Waals surface area contributed by atoms with Gasteiger partial charge < -0.3 is 0 Å². The zero-order valence-corrected chi connectivity index (χ0v) is 11.3. The Kier molecular flexibility index (Phi) is 3.31. The van der Waals surface area contributed by atoms with E-state index in [0.29, 0.717) is 5.69 Å². The van der Waals surface area contributed by atoms with Crippen molar-refractivity contribution in [3.05, 3.63) is 40.9 Å². The normalized spacial score (nSPS) is 11.6. The fourth-order valence-corrected chi connectivity index (χ4v) is 3.09. The van der Waals surface area contributed by atoms with E-state index < -0.39 is 9.84 Å². The van der Waals surface area contributed by atoms with Gasteiger partial charge in [-0.25, -0.2) is 13.4 Å². The van der Waals surface area contributed by atoms with E-state index in [1.807, 2.05) is 31.2 Å². The Labute approximate surface area is 105 Å². The molecule has 1 heterocycles. The van der Waals surface area contributed by atoms with Crippen molar-refractivity contribution >= 4 is 21.2 Å². The average molecular weight is 267 g/mol. The molecule has 1 aromatic heterocycles. The Morgan fingerprint density at radius 3 is 2.47 bits per heavy atom. The molecule has 0 N–H and O–H groups in total. The number of benzene rings is 1. The molecule has 0 saturated heterocycles. The highest BCUT2D eigenvalue weighted by atomic mass is 32.2. The predicted octanol–water partition coefficient (Wildman–Crippen LogP) is 2.66. The van der Waals surface area contributed by atoms with Crippen LogP contribution in [0.25, 0.3) is 10.6 Å². The quantitative estimate of drug-likeness (QED) is 0.859. The summed E-state index contributed by atoms with van der Waals surface area (Å²) in [5, 5.41) is 2.67. The zero-order valence-electron chi connectivity index (χ0n) is 9.67. The summed E-state index contributed by atoms with van der Waals surface area (Å²) >= 11 is 1.47. The van der Waals surface area contributed by atoms with Gasteiger partial charge in [0.15, 0.2) is 9.84 Å². The number of hydrogen-bond donors (Lipinski definition) is 0. The van der Waals surface area contributed by atoms with Crippen molar-refractivity contribution in [2.45, 2.75) is 12.7 Å². The smallest absolute Gasteiger partial charge is 0.153 e. The van der Waals surface area contributed by atoms with Crippen molar-refractivity contribution in [1.82, 2.24) is 4.98 Å². The van der Waals surface area contributed by atoms with Crippen LogP contribution in [0.15, 0.2) is 29.6 Å². The van der Waals surface area contributed by atoms with Gasteiger partial charge >= 0.3 is 0 Å². The van der Waals surface area contributed by atoms with E-state index in [0.717, 1.165) is 10.6 Å². The highest BCUT2D eigenvalue weighted by Gasteiger charge is 2.09. The average Bonchev–Trinajstić information content (AvgIpc) is 2.64. The molecule has 0 fully saturated rings.